The molecule has 1 N–H and O–H groups in total. The Morgan fingerprint density at radius 1 is 1.29 bits per heavy atom. The van der Waals surface area contributed by atoms with Crippen LogP contribution in [-0.4, -0.2) is 5.11 Å². The summed E-state index contributed by atoms with van der Waals surface area (Å²) in [6.45, 7) is 4.51. The van der Waals surface area contributed by atoms with Gasteiger partial charge in [0.05, 0.1) is 0 Å². The second-order valence-corrected chi connectivity index (χ2v) is 4.33. The van der Waals surface area contributed by atoms with Crippen LogP contribution in [0.4, 0.5) is 0 Å². The van der Waals surface area contributed by atoms with Crippen LogP contribution >= 0.6 is 0 Å². The third-order valence-electron chi connectivity index (χ3n) is 3.89. The summed E-state index contributed by atoms with van der Waals surface area (Å²) in [6.07, 6.45) is 4.79. The van der Waals surface area contributed by atoms with Crippen molar-refractivity contribution < 1.29 is 5.11 Å². The molecule has 0 fully saturated rings. The molecule has 0 aliphatic heterocycles. The number of rotatable bonds is 2. The van der Waals surface area contributed by atoms with E-state index in [1.54, 1.807) is 6.07 Å². The van der Waals surface area contributed by atoms with Gasteiger partial charge in [0.15, 0.2) is 0 Å². The molecular formula is C13H18O. The Morgan fingerprint density at radius 3 is 2.64 bits per heavy atom. The van der Waals surface area contributed by atoms with Crippen LogP contribution in [0.15, 0.2) is 18.2 Å². The number of phenolic OH excluding ortho intramolecular Hbond substituents is 1. The van der Waals surface area contributed by atoms with Crippen molar-refractivity contribution in [3.05, 3.63) is 29.3 Å². The third kappa shape index (κ3) is 1.23. The predicted octanol–water partition coefficient (Wildman–Crippen LogP) is 3.40. The zero-order valence-corrected chi connectivity index (χ0v) is 9.01. The summed E-state index contributed by atoms with van der Waals surface area (Å²) < 4.78 is 0. The van der Waals surface area contributed by atoms with Crippen molar-refractivity contribution in [1.82, 2.24) is 0 Å². The molecule has 0 aromatic heterocycles. The quantitative estimate of drug-likeness (QED) is 0.757. The first kappa shape index (κ1) is 9.57. The van der Waals surface area contributed by atoms with Crippen molar-refractivity contribution in [1.29, 1.82) is 0 Å². The number of benzene rings is 1. The van der Waals surface area contributed by atoms with Crippen LogP contribution in [0.2, 0.25) is 0 Å². The Balaban J connectivity index is 2.51. The van der Waals surface area contributed by atoms with Gasteiger partial charge >= 0.3 is 0 Å². The number of aryl methyl sites for hydroxylation is 1. The van der Waals surface area contributed by atoms with Gasteiger partial charge in [-0.25, -0.2) is 0 Å². The monoisotopic (exact) mass is 190 g/mol. The Labute approximate surface area is 85.8 Å². The van der Waals surface area contributed by atoms with Gasteiger partial charge in [-0.15, -0.1) is 0 Å². The summed E-state index contributed by atoms with van der Waals surface area (Å²) in [5.41, 5.74) is 3.17. The van der Waals surface area contributed by atoms with Crippen molar-refractivity contribution in [3.8, 4) is 5.75 Å². The summed E-state index contributed by atoms with van der Waals surface area (Å²) in [6, 6.07) is 5.85. The Hall–Kier alpha value is -0.980. The molecule has 76 valence electrons. The van der Waals surface area contributed by atoms with Gasteiger partial charge in [-0.3, -0.25) is 0 Å². The molecule has 1 aromatic carbocycles. The van der Waals surface area contributed by atoms with Gasteiger partial charge in [0.1, 0.15) is 5.75 Å². The molecule has 2 rings (SSSR count). The Bertz CT molecular complexity index is 337. The lowest BCUT2D eigenvalue weighted by atomic mass is 9.77. The molecule has 1 heteroatoms. The molecule has 0 bridgehead atoms. The van der Waals surface area contributed by atoms with E-state index < -0.39 is 0 Å². The topological polar surface area (TPSA) is 20.2 Å². The molecule has 0 amide bonds. The molecule has 1 aliphatic rings. The first-order valence-electron chi connectivity index (χ1n) is 5.54. The molecule has 1 aliphatic carbocycles. The highest BCUT2D eigenvalue weighted by atomic mass is 16.3. The lowest BCUT2D eigenvalue weighted by molar-refractivity contribution is 0.391. The van der Waals surface area contributed by atoms with Gasteiger partial charge in [0.25, 0.3) is 0 Å². The highest BCUT2D eigenvalue weighted by Gasteiger charge is 2.35. The maximum atomic E-state index is 9.52. The van der Waals surface area contributed by atoms with Crippen LogP contribution in [0.5, 0.6) is 5.75 Å². The maximum Gasteiger partial charge on any atom is 0.115 e. The normalized spacial score (nSPS) is 18.1. The fourth-order valence-electron chi connectivity index (χ4n) is 2.77. The largest absolute Gasteiger partial charge is 0.508 e. The Morgan fingerprint density at radius 2 is 2.00 bits per heavy atom. The number of hydrogen-bond acceptors (Lipinski definition) is 1. The molecule has 0 heterocycles. The molecule has 0 saturated carbocycles. The minimum atomic E-state index is 0.341. The van der Waals surface area contributed by atoms with Gasteiger partial charge in [-0.1, -0.05) is 19.9 Å². The summed E-state index contributed by atoms with van der Waals surface area (Å²) >= 11 is 0. The molecule has 0 saturated heterocycles. The van der Waals surface area contributed by atoms with Gasteiger partial charge in [-0.05, 0) is 54.4 Å². The van der Waals surface area contributed by atoms with Crippen molar-refractivity contribution in [2.24, 2.45) is 0 Å². The van der Waals surface area contributed by atoms with Gasteiger partial charge in [0, 0.05) is 0 Å². The Kier molecular flexibility index (Phi) is 2.26. The van der Waals surface area contributed by atoms with E-state index in [0.29, 0.717) is 11.2 Å². The van der Waals surface area contributed by atoms with E-state index in [2.05, 4.69) is 19.9 Å². The fourth-order valence-corrected chi connectivity index (χ4v) is 2.77. The first-order valence-corrected chi connectivity index (χ1v) is 5.54. The highest BCUT2D eigenvalue weighted by molar-refractivity contribution is 5.43. The van der Waals surface area contributed by atoms with Crippen LogP contribution in [-0.2, 0) is 11.8 Å². The summed E-state index contributed by atoms with van der Waals surface area (Å²) in [5.74, 6) is 0.414. The average Bonchev–Trinajstić information content (AvgIpc) is 2.57. The van der Waals surface area contributed by atoms with Crippen molar-refractivity contribution in [3.63, 3.8) is 0 Å². The zero-order valence-electron chi connectivity index (χ0n) is 9.01. The fraction of sp³-hybridized carbons (Fsp3) is 0.538. The van der Waals surface area contributed by atoms with Crippen molar-refractivity contribution in [2.75, 3.05) is 0 Å². The van der Waals surface area contributed by atoms with Crippen LogP contribution in [0.3, 0.4) is 0 Å². The third-order valence-corrected chi connectivity index (χ3v) is 3.89. The minimum absolute atomic E-state index is 0.341. The van der Waals surface area contributed by atoms with E-state index in [1.165, 1.54) is 36.8 Å². The van der Waals surface area contributed by atoms with Gasteiger partial charge in [-0.2, -0.15) is 0 Å². The molecule has 0 spiro atoms. The SMILES string of the molecule is CCC1(CC)CCc2ccc(O)cc21. The van der Waals surface area contributed by atoms with E-state index in [0.717, 1.165) is 0 Å². The number of aromatic hydroxyl groups is 1. The molecular weight excluding hydrogens is 172 g/mol. The van der Waals surface area contributed by atoms with Gasteiger partial charge < -0.3 is 5.11 Å². The van der Waals surface area contributed by atoms with Crippen LogP contribution < -0.4 is 0 Å². The molecule has 0 radical (unpaired) electrons. The number of fused-ring (bicyclic) bond motifs is 1. The lowest BCUT2D eigenvalue weighted by Crippen LogP contribution is -2.20. The minimum Gasteiger partial charge on any atom is -0.508 e. The molecule has 0 unspecified atom stereocenters. The molecule has 14 heavy (non-hydrogen) atoms. The number of hydrogen-bond donors (Lipinski definition) is 1. The van der Waals surface area contributed by atoms with E-state index in [1.807, 2.05) is 6.07 Å². The molecule has 0 atom stereocenters. The predicted molar refractivity (Wildman–Crippen MR) is 58.7 cm³/mol. The van der Waals surface area contributed by atoms with Gasteiger partial charge in [0.2, 0.25) is 0 Å². The summed E-state index contributed by atoms with van der Waals surface area (Å²) in [7, 11) is 0. The first-order chi connectivity index (χ1) is 6.72. The zero-order chi connectivity index (χ0) is 10.2. The molecule has 1 nitrogen and oxygen atoms in total. The summed E-state index contributed by atoms with van der Waals surface area (Å²) in [5, 5.41) is 9.52. The van der Waals surface area contributed by atoms with Crippen molar-refractivity contribution >= 4 is 0 Å². The number of phenols is 1. The van der Waals surface area contributed by atoms with Crippen LogP contribution in [0.25, 0.3) is 0 Å². The van der Waals surface area contributed by atoms with E-state index in [9.17, 15) is 5.11 Å². The van der Waals surface area contributed by atoms with E-state index in [-0.39, 0.29) is 0 Å². The summed E-state index contributed by atoms with van der Waals surface area (Å²) in [4.78, 5) is 0. The van der Waals surface area contributed by atoms with Crippen molar-refractivity contribution in [2.45, 2.75) is 44.9 Å². The standard InChI is InChI=1S/C13H18O/c1-3-13(4-2)8-7-10-5-6-11(14)9-12(10)13/h5-6,9,14H,3-4,7-8H2,1-2H3. The second-order valence-electron chi connectivity index (χ2n) is 4.33. The maximum absolute atomic E-state index is 9.52. The highest BCUT2D eigenvalue weighted by Crippen LogP contribution is 2.44. The van der Waals surface area contributed by atoms with E-state index >= 15 is 0 Å². The second kappa shape index (κ2) is 3.30. The average molecular weight is 190 g/mol. The van der Waals surface area contributed by atoms with Crippen LogP contribution in [0.1, 0.15) is 44.2 Å². The van der Waals surface area contributed by atoms with E-state index in [4.69, 9.17) is 0 Å². The smallest absolute Gasteiger partial charge is 0.115 e. The van der Waals surface area contributed by atoms with Crippen LogP contribution in [0, 0.1) is 0 Å². The molecule has 1 aromatic rings. The lowest BCUT2D eigenvalue weighted by Gasteiger charge is -2.27.